The maximum absolute atomic E-state index is 11.9. The largest absolute Gasteiger partial charge is 0.490 e. The van der Waals surface area contributed by atoms with Crippen LogP contribution in [0.5, 0.6) is 5.75 Å². The van der Waals surface area contributed by atoms with Gasteiger partial charge in [-0.15, -0.1) is 0 Å². The highest BCUT2D eigenvalue weighted by atomic mass is 79.9. The first-order valence-electron chi connectivity index (χ1n) is 5.70. The monoisotopic (exact) mass is 332 g/mol. The third kappa shape index (κ3) is 2.63. The van der Waals surface area contributed by atoms with Gasteiger partial charge < -0.3 is 15.4 Å². The van der Waals surface area contributed by atoms with Crippen molar-refractivity contribution in [3.63, 3.8) is 0 Å². The fraction of sp³-hybridized carbons (Fsp3) is 0.417. The molecule has 6 heteroatoms. The first-order chi connectivity index (χ1) is 8.52. The van der Waals surface area contributed by atoms with Crippen molar-refractivity contribution in [2.75, 3.05) is 18.1 Å². The highest BCUT2D eigenvalue weighted by Gasteiger charge is 2.30. The number of carbonyl (C=O) groups excluding carboxylic acids is 1. The van der Waals surface area contributed by atoms with Gasteiger partial charge in [0.2, 0.25) is 5.91 Å². The van der Waals surface area contributed by atoms with Crippen LogP contribution >= 0.6 is 27.5 Å². The molecule has 98 valence electrons. The summed E-state index contributed by atoms with van der Waals surface area (Å²) in [4.78, 5) is 13.5. The van der Waals surface area contributed by atoms with E-state index in [1.165, 1.54) is 0 Å². The lowest BCUT2D eigenvalue weighted by molar-refractivity contribution is -0.117. The number of hydrogen-bond donors (Lipinski definition) is 1. The standard InChI is InChI=1S/C12H14BrClN2O2/c1-2-18-12-9(13)3-7(14)4-10(12)16-6-8(15)5-11(16)17/h3-4,8H,2,5-6,15H2,1H3. The Morgan fingerprint density at radius 1 is 1.61 bits per heavy atom. The van der Waals surface area contributed by atoms with Gasteiger partial charge >= 0.3 is 0 Å². The quantitative estimate of drug-likeness (QED) is 0.925. The van der Waals surface area contributed by atoms with Crippen LogP contribution in [0.3, 0.4) is 0 Å². The lowest BCUT2D eigenvalue weighted by Gasteiger charge is -2.21. The summed E-state index contributed by atoms with van der Waals surface area (Å²) in [6.45, 7) is 2.90. The fourth-order valence-corrected chi connectivity index (χ4v) is 2.91. The minimum absolute atomic E-state index is 0.00220. The molecule has 4 nitrogen and oxygen atoms in total. The molecule has 0 aromatic heterocycles. The summed E-state index contributed by atoms with van der Waals surface area (Å²) < 4.78 is 6.31. The van der Waals surface area contributed by atoms with Gasteiger partial charge in [-0.3, -0.25) is 4.79 Å². The lowest BCUT2D eigenvalue weighted by atomic mass is 10.2. The van der Waals surface area contributed by atoms with Crippen LogP contribution in [0.4, 0.5) is 5.69 Å². The minimum atomic E-state index is -0.135. The number of amides is 1. The van der Waals surface area contributed by atoms with Crippen molar-refractivity contribution >= 4 is 39.1 Å². The van der Waals surface area contributed by atoms with E-state index in [9.17, 15) is 4.79 Å². The minimum Gasteiger partial charge on any atom is -0.490 e. The lowest BCUT2D eigenvalue weighted by Crippen LogP contribution is -2.28. The second kappa shape index (κ2) is 5.47. The van der Waals surface area contributed by atoms with Gasteiger partial charge in [-0.25, -0.2) is 0 Å². The van der Waals surface area contributed by atoms with Gasteiger partial charge in [0.1, 0.15) is 0 Å². The number of ether oxygens (including phenoxy) is 1. The molecule has 1 saturated heterocycles. The summed E-state index contributed by atoms with van der Waals surface area (Å²) in [5, 5.41) is 0.550. The van der Waals surface area contributed by atoms with Crippen molar-refractivity contribution in [2.24, 2.45) is 5.73 Å². The molecule has 1 unspecified atom stereocenters. The molecule has 18 heavy (non-hydrogen) atoms. The first-order valence-corrected chi connectivity index (χ1v) is 6.87. The van der Waals surface area contributed by atoms with Crippen molar-refractivity contribution in [2.45, 2.75) is 19.4 Å². The van der Waals surface area contributed by atoms with E-state index in [0.29, 0.717) is 36.0 Å². The molecule has 1 aliphatic heterocycles. The zero-order valence-corrected chi connectivity index (χ0v) is 12.3. The Morgan fingerprint density at radius 2 is 2.33 bits per heavy atom. The van der Waals surface area contributed by atoms with Crippen LogP contribution in [0.1, 0.15) is 13.3 Å². The van der Waals surface area contributed by atoms with E-state index in [4.69, 9.17) is 22.1 Å². The molecule has 0 aliphatic carbocycles. The normalized spacial score (nSPS) is 19.4. The van der Waals surface area contributed by atoms with Crippen LogP contribution in [-0.4, -0.2) is 25.1 Å². The first kappa shape index (κ1) is 13.6. The molecule has 2 N–H and O–H groups in total. The molecule has 0 saturated carbocycles. The van der Waals surface area contributed by atoms with E-state index < -0.39 is 0 Å². The average molecular weight is 334 g/mol. The van der Waals surface area contributed by atoms with Crippen molar-refractivity contribution in [1.29, 1.82) is 0 Å². The van der Waals surface area contributed by atoms with Gasteiger partial charge in [0, 0.05) is 24.0 Å². The van der Waals surface area contributed by atoms with Crippen molar-refractivity contribution in [3.8, 4) is 5.75 Å². The summed E-state index contributed by atoms with van der Waals surface area (Å²) in [5.74, 6) is 0.627. The molecule has 0 bridgehead atoms. The smallest absolute Gasteiger partial charge is 0.228 e. The van der Waals surface area contributed by atoms with Gasteiger partial charge in [0.05, 0.1) is 16.8 Å². The average Bonchev–Trinajstić information content (AvgIpc) is 2.61. The van der Waals surface area contributed by atoms with Gasteiger partial charge in [-0.05, 0) is 35.0 Å². The SMILES string of the molecule is CCOc1c(Br)cc(Cl)cc1N1CC(N)CC1=O. The predicted molar refractivity (Wildman–Crippen MR) is 75.3 cm³/mol. The molecule has 1 fully saturated rings. The third-order valence-electron chi connectivity index (χ3n) is 2.72. The van der Waals surface area contributed by atoms with Crippen LogP contribution in [0, 0.1) is 0 Å². The molecule has 1 aromatic rings. The summed E-state index contributed by atoms with van der Waals surface area (Å²) in [7, 11) is 0. The van der Waals surface area contributed by atoms with Crippen LogP contribution < -0.4 is 15.4 Å². The van der Waals surface area contributed by atoms with E-state index in [1.54, 1.807) is 17.0 Å². The third-order valence-corrected chi connectivity index (χ3v) is 3.53. The second-order valence-corrected chi connectivity index (χ2v) is 5.43. The molecule has 1 heterocycles. The van der Waals surface area contributed by atoms with E-state index in [-0.39, 0.29) is 11.9 Å². The highest BCUT2D eigenvalue weighted by Crippen LogP contribution is 2.40. The van der Waals surface area contributed by atoms with Gasteiger partial charge in [0.15, 0.2) is 5.75 Å². The van der Waals surface area contributed by atoms with Gasteiger partial charge in [0.25, 0.3) is 0 Å². The summed E-state index contributed by atoms with van der Waals surface area (Å²) in [5.41, 5.74) is 6.48. The number of benzene rings is 1. The fourth-order valence-electron chi connectivity index (χ4n) is 2.00. The topological polar surface area (TPSA) is 55.6 Å². The molecule has 0 radical (unpaired) electrons. The Kier molecular flexibility index (Phi) is 4.14. The van der Waals surface area contributed by atoms with Gasteiger partial charge in [-0.1, -0.05) is 11.6 Å². The molecular formula is C12H14BrClN2O2. The number of halogens is 2. The van der Waals surface area contributed by atoms with Crippen molar-refractivity contribution in [1.82, 2.24) is 0 Å². The van der Waals surface area contributed by atoms with Crippen LogP contribution in [0.2, 0.25) is 5.02 Å². The van der Waals surface area contributed by atoms with E-state index in [0.717, 1.165) is 4.47 Å². The van der Waals surface area contributed by atoms with Crippen LogP contribution in [0.25, 0.3) is 0 Å². The Morgan fingerprint density at radius 3 is 2.89 bits per heavy atom. The van der Waals surface area contributed by atoms with E-state index in [1.807, 2.05) is 6.92 Å². The van der Waals surface area contributed by atoms with Crippen LogP contribution in [-0.2, 0) is 4.79 Å². The summed E-state index contributed by atoms with van der Waals surface area (Å²) >= 11 is 9.43. The number of anilines is 1. The van der Waals surface area contributed by atoms with Crippen molar-refractivity contribution < 1.29 is 9.53 Å². The van der Waals surface area contributed by atoms with Crippen molar-refractivity contribution in [3.05, 3.63) is 21.6 Å². The van der Waals surface area contributed by atoms with E-state index in [2.05, 4.69) is 15.9 Å². The number of hydrogen-bond acceptors (Lipinski definition) is 3. The number of nitrogens with zero attached hydrogens (tertiary/aromatic N) is 1. The number of nitrogens with two attached hydrogens (primary N) is 1. The maximum Gasteiger partial charge on any atom is 0.228 e. The Balaban J connectivity index is 2.45. The van der Waals surface area contributed by atoms with E-state index >= 15 is 0 Å². The zero-order valence-electron chi connectivity index (χ0n) is 9.95. The number of rotatable bonds is 3. The summed E-state index contributed by atoms with van der Waals surface area (Å²) in [6, 6.07) is 3.34. The summed E-state index contributed by atoms with van der Waals surface area (Å²) in [6.07, 6.45) is 0.357. The zero-order chi connectivity index (χ0) is 13.3. The predicted octanol–water partition coefficient (Wildman–Crippen LogP) is 2.57. The molecule has 1 atom stereocenters. The second-order valence-electron chi connectivity index (χ2n) is 4.14. The maximum atomic E-state index is 11.9. The number of carbonyl (C=O) groups is 1. The Hall–Kier alpha value is -0.780. The molecule has 1 aliphatic rings. The molecule has 1 amide bonds. The Bertz CT molecular complexity index is 481. The van der Waals surface area contributed by atoms with Crippen LogP contribution in [0.15, 0.2) is 16.6 Å². The molecule has 0 spiro atoms. The molecule has 1 aromatic carbocycles. The van der Waals surface area contributed by atoms with Gasteiger partial charge in [-0.2, -0.15) is 0 Å². The highest BCUT2D eigenvalue weighted by molar-refractivity contribution is 9.10. The molecular weight excluding hydrogens is 320 g/mol. The molecule has 2 rings (SSSR count). The Labute approximate surface area is 119 Å².